The van der Waals surface area contributed by atoms with Gasteiger partial charge >= 0.3 is 0 Å². The third-order valence-electron chi connectivity index (χ3n) is 15.5. The Morgan fingerprint density at radius 1 is 0.477 bits per heavy atom. The van der Waals surface area contributed by atoms with Gasteiger partial charge in [0.1, 0.15) is 5.58 Å². The summed E-state index contributed by atoms with van der Waals surface area (Å²) in [6.07, 6.45) is 2.31. The minimum absolute atomic E-state index is 0.0401. The largest absolute Gasteiger partial charge is 0.468 e. The van der Waals surface area contributed by atoms with Gasteiger partial charge in [-0.25, -0.2) is 0 Å². The molecule has 4 heteroatoms. The molecule has 9 rings (SSSR count). The van der Waals surface area contributed by atoms with Crippen molar-refractivity contribution in [3.05, 3.63) is 123 Å². The normalized spacial score (nSPS) is 17.0. The summed E-state index contributed by atoms with van der Waals surface area (Å²) in [7, 11) is 0. The van der Waals surface area contributed by atoms with Crippen molar-refractivity contribution < 1.29 is 4.42 Å². The molecule has 2 aliphatic heterocycles. The molecule has 0 N–H and O–H groups in total. The molecule has 3 nitrogen and oxygen atoms in total. The lowest BCUT2D eigenvalue weighted by Gasteiger charge is -2.44. The van der Waals surface area contributed by atoms with Crippen LogP contribution in [0.5, 0.6) is 0 Å². The van der Waals surface area contributed by atoms with Crippen LogP contribution < -0.4 is 26.4 Å². The maximum atomic E-state index is 7.61. The van der Waals surface area contributed by atoms with Gasteiger partial charge in [0.25, 0.3) is 6.71 Å². The Labute approximate surface area is 393 Å². The van der Waals surface area contributed by atoms with Crippen LogP contribution in [0.2, 0.25) is 0 Å². The highest BCUT2D eigenvalue weighted by atomic mass is 16.3. The smallest absolute Gasteiger partial charge is 0.297 e. The van der Waals surface area contributed by atoms with Crippen LogP contribution in [0.4, 0.5) is 34.1 Å². The summed E-state index contributed by atoms with van der Waals surface area (Å²) in [6.45, 7) is 47.2. The molecule has 0 unspecified atom stereocenters. The number of anilines is 6. The summed E-state index contributed by atoms with van der Waals surface area (Å²) in [6, 6.07) is 32.1. The predicted octanol–water partition coefficient (Wildman–Crippen LogP) is 15.7. The molecule has 0 fully saturated rings. The highest BCUT2D eigenvalue weighted by Gasteiger charge is 2.48. The van der Waals surface area contributed by atoms with E-state index in [2.05, 4.69) is 227 Å². The van der Waals surface area contributed by atoms with E-state index in [1.807, 2.05) is 0 Å². The van der Waals surface area contributed by atoms with Crippen molar-refractivity contribution in [2.45, 2.75) is 189 Å². The van der Waals surface area contributed by atoms with Crippen LogP contribution in [0.15, 0.2) is 83.3 Å². The van der Waals surface area contributed by atoms with Gasteiger partial charge in [0, 0.05) is 33.8 Å². The number of hydrogen-bond acceptors (Lipinski definition) is 3. The van der Waals surface area contributed by atoms with Crippen molar-refractivity contribution in [2.24, 2.45) is 0 Å². The van der Waals surface area contributed by atoms with Crippen molar-refractivity contribution in [1.82, 2.24) is 0 Å². The van der Waals surface area contributed by atoms with Gasteiger partial charge < -0.3 is 14.2 Å². The van der Waals surface area contributed by atoms with Crippen LogP contribution in [0.25, 0.3) is 11.0 Å². The molecule has 0 atom stereocenters. The number of aryl methyl sites for hydroxylation is 1. The lowest BCUT2D eigenvalue weighted by molar-refractivity contribution is 0.332. The van der Waals surface area contributed by atoms with E-state index in [1.165, 1.54) is 94.9 Å². The van der Waals surface area contributed by atoms with E-state index in [9.17, 15) is 0 Å². The van der Waals surface area contributed by atoms with Crippen LogP contribution in [-0.4, -0.2) is 6.71 Å². The van der Waals surface area contributed by atoms with Crippen molar-refractivity contribution in [3.63, 3.8) is 0 Å². The van der Waals surface area contributed by atoms with Crippen LogP contribution in [0.1, 0.15) is 189 Å². The predicted molar refractivity (Wildman–Crippen MR) is 284 cm³/mol. The van der Waals surface area contributed by atoms with Crippen LogP contribution in [0.3, 0.4) is 0 Å². The van der Waals surface area contributed by atoms with Gasteiger partial charge in [0.2, 0.25) is 0 Å². The minimum atomic E-state index is -0.113. The van der Waals surface area contributed by atoms with E-state index in [4.69, 9.17) is 4.42 Å². The SMILES string of the molecule is Cc1cc2c3c(c1)N(c1cc(C(C)(C)C)cc(C(C)(C)C)c1)c1c(oc4cc5c(cc14)C(C)(C)CCC5(C)C)B3c1ccc(C(C)(C)C)cc1N2c1cc(C(C)(C)C)cc(C(C)(C)C)c1. The lowest BCUT2D eigenvalue weighted by Crippen LogP contribution is -2.61. The van der Waals surface area contributed by atoms with Gasteiger partial charge in [0.15, 0.2) is 0 Å². The molecule has 6 aromatic rings. The Morgan fingerprint density at radius 3 is 1.37 bits per heavy atom. The molecule has 340 valence electrons. The molecule has 0 amide bonds. The summed E-state index contributed by atoms with van der Waals surface area (Å²) < 4.78 is 7.61. The zero-order valence-corrected chi connectivity index (χ0v) is 43.8. The van der Waals surface area contributed by atoms with Crippen molar-refractivity contribution >= 4 is 68.4 Å². The fourth-order valence-electron chi connectivity index (χ4n) is 10.9. The lowest BCUT2D eigenvalue weighted by atomic mass is 9.35. The molecule has 0 spiro atoms. The molecule has 3 heterocycles. The van der Waals surface area contributed by atoms with E-state index in [0.29, 0.717) is 0 Å². The van der Waals surface area contributed by atoms with Gasteiger partial charge in [-0.05, 0) is 168 Å². The van der Waals surface area contributed by atoms with E-state index in [1.54, 1.807) is 0 Å². The third-order valence-corrected chi connectivity index (χ3v) is 15.5. The number of benzene rings is 5. The quantitative estimate of drug-likeness (QED) is 0.161. The molecule has 5 aromatic carbocycles. The molecule has 0 saturated heterocycles. The highest BCUT2D eigenvalue weighted by molar-refractivity contribution is 7.00. The summed E-state index contributed by atoms with van der Waals surface area (Å²) in [5.41, 5.74) is 22.6. The zero-order valence-electron chi connectivity index (χ0n) is 43.8. The Balaban J connectivity index is 1.46. The molecule has 65 heavy (non-hydrogen) atoms. The van der Waals surface area contributed by atoms with E-state index >= 15 is 0 Å². The minimum Gasteiger partial charge on any atom is -0.468 e. The number of nitrogens with zero attached hydrogens (tertiary/aromatic N) is 2. The number of fused-ring (bicyclic) bond motifs is 7. The third kappa shape index (κ3) is 7.48. The second-order valence-electron chi connectivity index (χ2n) is 26.9. The van der Waals surface area contributed by atoms with Crippen LogP contribution in [0, 0.1) is 6.92 Å². The molecule has 1 aliphatic carbocycles. The first kappa shape index (κ1) is 45.5. The average molecular weight is 865 g/mol. The van der Waals surface area contributed by atoms with Crippen molar-refractivity contribution in [2.75, 3.05) is 9.80 Å². The second-order valence-corrected chi connectivity index (χ2v) is 26.9. The monoisotopic (exact) mass is 865 g/mol. The number of furan rings is 1. The Morgan fingerprint density at radius 2 is 0.908 bits per heavy atom. The average Bonchev–Trinajstić information content (AvgIpc) is 3.55. The van der Waals surface area contributed by atoms with Crippen molar-refractivity contribution in [1.29, 1.82) is 0 Å². The van der Waals surface area contributed by atoms with E-state index in [-0.39, 0.29) is 44.6 Å². The van der Waals surface area contributed by atoms with Gasteiger partial charge in [-0.15, -0.1) is 0 Å². The molecule has 0 saturated carbocycles. The Kier molecular flexibility index (Phi) is 9.91. The Hall–Kier alpha value is -4.70. The van der Waals surface area contributed by atoms with Gasteiger partial charge in [-0.2, -0.15) is 0 Å². The molecule has 3 aliphatic rings. The summed E-state index contributed by atoms with van der Waals surface area (Å²) in [5.74, 6) is 0. The number of rotatable bonds is 2. The number of hydrogen-bond donors (Lipinski definition) is 0. The maximum Gasteiger partial charge on any atom is 0.297 e. The second kappa shape index (κ2) is 14.2. The standard InChI is InChI=1S/C61H77BN2O/c1-36-25-49-52-50(26-36)64(43-31-40(58(11,12)13)28-41(32-43)59(14,15)16)53-44-34-45-46(61(19,20)24-23-60(45,17)18)35-51(44)65-54(53)62(52)47-22-21-37(55(2,3)4)33-48(47)63(49)42-29-38(56(5,6)7)27-39(30-42)57(8,9)10/h21-22,25-35H,23-24H2,1-20H3. The molecule has 0 radical (unpaired) electrons. The summed E-state index contributed by atoms with van der Waals surface area (Å²) >= 11 is 0. The van der Waals surface area contributed by atoms with Crippen LogP contribution >= 0.6 is 0 Å². The van der Waals surface area contributed by atoms with Gasteiger partial charge in [-0.1, -0.05) is 156 Å². The molecule has 0 bridgehead atoms. The first-order valence-corrected chi connectivity index (χ1v) is 24.6. The maximum absolute atomic E-state index is 7.61. The Bertz CT molecular complexity index is 2860. The van der Waals surface area contributed by atoms with Gasteiger partial charge in [0.05, 0.1) is 11.3 Å². The van der Waals surface area contributed by atoms with E-state index < -0.39 is 0 Å². The first-order valence-electron chi connectivity index (χ1n) is 24.6. The fraction of sp³-hybridized carbons (Fsp3) is 0.475. The van der Waals surface area contributed by atoms with Crippen LogP contribution in [-0.2, 0) is 37.9 Å². The fourth-order valence-corrected chi connectivity index (χ4v) is 10.9. The highest BCUT2D eigenvalue weighted by Crippen LogP contribution is 2.53. The zero-order chi connectivity index (χ0) is 47.5. The molecule has 1 aromatic heterocycles. The first-order chi connectivity index (χ1) is 29.8. The van der Waals surface area contributed by atoms with E-state index in [0.717, 1.165) is 24.1 Å². The van der Waals surface area contributed by atoms with Crippen molar-refractivity contribution in [3.8, 4) is 0 Å². The topological polar surface area (TPSA) is 19.6 Å². The summed E-state index contributed by atoms with van der Waals surface area (Å²) in [4.78, 5) is 5.25. The molecular weight excluding hydrogens is 787 g/mol. The molecular formula is C61H77BN2O. The summed E-state index contributed by atoms with van der Waals surface area (Å²) in [5, 5.41) is 1.21. The van der Waals surface area contributed by atoms with Gasteiger partial charge in [-0.3, -0.25) is 0 Å².